The Bertz CT molecular complexity index is 463. The Morgan fingerprint density at radius 2 is 2.14 bits per heavy atom. The van der Waals surface area contributed by atoms with Gasteiger partial charge in [-0.1, -0.05) is 18.2 Å². The first-order valence-electron chi connectivity index (χ1n) is 6.42. The van der Waals surface area contributed by atoms with Crippen LogP contribution in [-0.2, 0) is 22.1 Å². The molecule has 1 amide bonds. The van der Waals surface area contributed by atoms with Crippen molar-refractivity contribution >= 4 is 5.91 Å². The van der Waals surface area contributed by atoms with Crippen molar-refractivity contribution in [1.82, 2.24) is 5.32 Å². The number of benzene rings is 1. The summed E-state index contributed by atoms with van der Waals surface area (Å²) >= 11 is 0. The first-order chi connectivity index (χ1) is 9.82. The Labute approximate surface area is 120 Å². The molecule has 0 aliphatic rings. The Kier molecular flexibility index (Phi) is 6.64. The molecule has 0 aliphatic carbocycles. The van der Waals surface area contributed by atoms with Gasteiger partial charge in [-0.05, 0) is 18.1 Å². The van der Waals surface area contributed by atoms with E-state index in [1.807, 2.05) is 0 Å². The lowest BCUT2D eigenvalue weighted by Gasteiger charge is -2.11. The smallest absolute Gasteiger partial charge is 0.391 e. The highest BCUT2D eigenvalue weighted by atomic mass is 19.4. The number of amides is 1. The second-order valence-electron chi connectivity index (χ2n) is 4.62. The van der Waals surface area contributed by atoms with Crippen LogP contribution in [0.25, 0.3) is 0 Å². The highest BCUT2D eigenvalue weighted by molar-refractivity contribution is 5.78. The fraction of sp³-hybridized carbons (Fsp3) is 0.500. The number of carbonyl (C=O) groups excluding carboxylic acids is 1. The van der Waals surface area contributed by atoms with E-state index in [9.17, 15) is 23.1 Å². The van der Waals surface area contributed by atoms with Crippen molar-refractivity contribution in [2.45, 2.75) is 25.1 Å². The van der Waals surface area contributed by atoms with Crippen LogP contribution in [0.2, 0.25) is 0 Å². The summed E-state index contributed by atoms with van der Waals surface area (Å²) in [7, 11) is 1.45. The highest BCUT2D eigenvalue weighted by Crippen LogP contribution is 2.29. The van der Waals surface area contributed by atoms with E-state index in [2.05, 4.69) is 5.32 Å². The lowest BCUT2D eigenvalue weighted by Crippen LogP contribution is -2.29. The van der Waals surface area contributed by atoms with Crippen molar-refractivity contribution in [3.63, 3.8) is 0 Å². The zero-order chi connectivity index (χ0) is 15.9. The predicted molar refractivity (Wildman–Crippen MR) is 70.7 cm³/mol. The molecule has 0 bridgehead atoms. The normalized spacial score (nSPS) is 13.0. The molecule has 0 spiro atoms. The minimum atomic E-state index is -4.42. The van der Waals surface area contributed by atoms with Crippen molar-refractivity contribution < 1.29 is 27.8 Å². The number of aliphatic hydroxyl groups is 1. The maximum atomic E-state index is 12.5. The summed E-state index contributed by atoms with van der Waals surface area (Å²) in [6.45, 7) is 0.409. The molecule has 0 aromatic heterocycles. The van der Waals surface area contributed by atoms with Gasteiger partial charge in [0.2, 0.25) is 5.91 Å². The van der Waals surface area contributed by atoms with Crippen molar-refractivity contribution in [3.8, 4) is 0 Å². The van der Waals surface area contributed by atoms with Crippen LogP contribution >= 0.6 is 0 Å². The van der Waals surface area contributed by atoms with E-state index in [0.29, 0.717) is 12.0 Å². The molecule has 0 fully saturated rings. The molecule has 4 nitrogen and oxygen atoms in total. The van der Waals surface area contributed by atoms with Crippen molar-refractivity contribution in [3.05, 3.63) is 35.4 Å². The van der Waals surface area contributed by atoms with E-state index in [-0.39, 0.29) is 25.5 Å². The van der Waals surface area contributed by atoms with E-state index in [4.69, 9.17) is 4.74 Å². The van der Waals surface area contributed by atoms with Gasteiger partial charge in [0.05, 0.1) is 24.7 Å². The summed E-state index contributed by atoms with van der Waals surface area (Å²) in [4.78, 5) is 11.6. The summed E-state index contributed by atoms with van der Waals surface area (Å²) < 4.78 is 42.3. The molecule has 7 heteroatoms. The topological polar surface area (TPSA) is 58.6 Å². The van der Waals surface area contributed by atoms with Crippen LogP contribution in [-0.4, -0.2) is 37.4 Å². The molecule has 1 rings (SSSR count). The Morgan fingerprint density at radius 3 is 2.76 bits per heavy atom. The number of carbonyl (C=O) groups is 1. The Balaban J connectivity index is 2.45. The number of nitrogens with one attached hydrogen (secondary N) is 1. The van der Waals surface area contributed by atoms with Crippen LogP contribution in [0.3, 0.4) is 0 Å². The van der Waals surface area contributed by atoms with Gasteiger partial charge in [0, 0.05) is 13.7 Å². The number of halogens is 3. The molecule has 0 saturated heterocycles. The van der Waals surface area contributed by atoms with Gasteiger partial charge < -0.3 is 15.2 Å². The molecular weight excluding hydrogens is 287 g/mol. The Hall–Kier alpha value is -1.60. The largest absolute Gasteiger partial charge is 0.416 e. The molecule has 0 heterocycles. The lowest BCUT2D eigenvalue weighted by molar-refractivity contribution is -0.137. The Morgan fingerprint density at radius 1 is 1.43 bits per heavy atom. The molecule has 2 N–H and O–H groups in total. The molecule has 0 aliphatic heterocycles. The van der Waals surface area contributed by atoms with Gasteiger partial charge in [0.15, 0.2) is 0 Å². The molecule has 0 saturated carbocycles. The molecule has 1 atom stereocenters. The quantitative estimate of drug-likeness (QED) is 0.807. The monoisotopic (exact) mass is 305 g/mol. The zero-order valence-electron chi connectivity index (χ0n) is 11.6. The molecule has 1 unspecified atom stereocenters. The fourth-order valence-corrected chi connectivity index (χ4v) is 1.76. The van der Waals surface area contributed by atoms with E-state index in [1.165, 1.54) is 19.2 Å². The second kappa shape index (κ2) is 7.99. The summed E-state index contributed by atoms with van der Waals surface area (Å²) in [6.07, 6.45) is -4.91. The summed E-state index contributed by atoms with van der Waals surface area (Å²) in [5.41, 5.74) is -0.483. The molecule has 21 heavy (non-hydrogen) atoms. The number of rotatable bonds is 7. The van der Waals surface area contributed by atoms with Gasteiger partial charge >= 0.3 is 6.18 Å². The minimum Gasteiger partial charge on any atom is -0.391 e. The van der Waals surface area contributed by atoms with Gasteiger partial charge in [-0.25, -0.2) is 0 Å². The number of aliphatic hydroxyl groups excluding tert-OH is 1. The third-order valence-electron chi connectivity index (χ3n) is 2.78. The number of ether oxygens (including phenoxy) is 1. The SMILES string of the molecule is COCC(O)CCNC(=O)Cc1cccc(C(F)(F)F)c1. The molecule has 1 aromatic rings. The van der Waals surface area contributed by atoms with Crippen LogP contribution in [0.5, 0.6) is 0 Å². The second-order valence-corrected chi connectivity index (χ2v) is 4.62. The van der Waals surface area contributed by atoms with Gasteiger partial charge in [-0.2, -0.15) is 13.2 Å². The van der Waals surface area contributed by atoms with E-state index in [0.717, 1.165) is 12.1 Å². The maximum absolute atomic E-state index is 12.5. The summed E-state index contributed by atoms with van der Waals surface area (Å²) in [5.74, 6) is -0.390. The molecular formula is C14H18F3NO3. The zero-order valence-corrected chi connectivity index (χ0v) is 11.6. The number of methoxy groups -OCH3 is 1. The fourth-order valence-electron chi connectivity index (χ4n) is 1.76. The number of hydrogen-bond acceptors (Lipinski definition) is 3. The average Bonchev–Trinajstić information content (AvgIpc) is 2.38. The van der Waals surface area contributed by atoms with Crippen molar-refractivity contribution in [2.24, 2.45) is 0 Å². The molecule has 118 valence electrons. The van der Waals surface area contributed by atoms with E-state index >= 15 is 0 Å². The predicted octanol–water partition coefficient (Wildman–Crippen LogP) is 1.76. The lowest BCUT2D eigenvalue weighted by atomic mass is 10.1. The van der Waals surface area contributed by atoms with Crippen molar-refractivity contribution in [2.75, 3.05) is 20.3 Å². The van der Waals surface area contributed by atoms with Gasteiger partial charge in [-0.15, -0.1) is 0 Å². The van der Waals surface area contributed by atoms with Gasteiger partial charge in [-0.3, -0.25) is 4.79 Å². The highest BCUT2D eigenvalue weighted by Gasteiger charge is 2.30. The minimum absolute atomic E-state index is 0.135. The van der Waals surface area contributed by atoms with E-state index < -0.39 is 17.8 Å². The molecule has 0 radical (unpaired) electrons. The first-order valence-corrected chi connectivity index (χ1v) is 6.42. The van der Waals surface area contributed by atoms with Crippen LogP contribution in [0.1, 0.15) is 17.5 Å². The summed E-state index contributed by atoms with van der Waals surface area (Å²) in [5, 5.41) is 11.9. The van der Waals surface area contributed by atoms with Gasteiger partial charge in [0.25, 0.3) is 0 Å². The van der Waals surface area contributed by atoms with Crippen LogP contribution in [0.15, 0.2) is 24.3 Å². The van der Waals surface area contributed by atoms with Crippen LogP contribution in [0, 0.1) is 0 Å². The third-order valence-corrected chi connectivity index (χ3v) is 2.78. The third kappa shape index (κ3) is 6.59. The van der Waals surface area contributed by atoms with Crippen LogP contribution in [0.4, 0.5) is 13.2 Å². The summed E-state index contributed by atoms with van der Waals surface area (Å²) in [6, 6.07) is 4.66. The standard InChI is InChI=1S/C14H18F3NO3/c1-21-9-12(19)5-6-18-13(20)8-10-3-2-4-11(7-10)14(15,16)17/h2-4,7,12,19H,5-6,8-9H2,1H3,(H,18,20). The number of alkyl halides is 3. The number of hydrogen-bond donors (Lipinski definition) is 2. The van der Waals surface area contributed by atoms with Crippen LogP contribution < -0.4 is 5.32 Å². The van der Waals surface area contributed by atoms with Gasteiger partial charge in [0.1, 0.15) is 0 Å². The average molecular weight is 305 g/mol. The first kappa shape index (κ1) is 17.5. The van der Waals surface area contributed by atoms with Crippen molar-refractivity contribution in [1.29, 1.82) is 0 Å². The maximum Gasteiger partial charge on any atom is 0.416 e. The van der Waals surface area contributed by atoms with E-state index in [1.54, 1.807) is 0 Å². The molecule has 1 aromatic carbocycles.